The van der Waals surface area contributed by atoms with Crippen molar-refractivity contribution in [1.82, 2.24) is 15.0 Å². The third kappa shape index (κ3) is 4.15. The Kier molecular flexibility index (Phi) is 5.23. The topological polar surface area (TPSA) is 123 Å². The second-order valence-electron chi connectivity index (χ2n) is 5.40. The molecule has 0 aliphatic carbocycles. The molecule has 0 fully saturated rings. The van der Waals surface area contributed by atoms with Crippen LogP contribution < -0.4 is 10.6 Å². The molecule has 0 aliphatic heterocycles. The molecule has 136 valence electrons. The number of Topliss-reactive ketones (excluding diaryl/α,β-unsaturated/α-hetero) is 1. The molecule has 0 spiro atoms. The van der Waals surface area contributed by atoms with Crippen LogP contribution in [0.2, 0.25) is 5.15 Å². The van der Waals surface area contributed by atoms with Gasteiger partial charge in [0.15, 0.2) is 10.9 Å². The molecule has 2 aromatic heterocycles. The molecule has 3 rings (SSSR count). The summed E-state index contributed by atoms with van der Waals surface area (Å²) < 4.78 is 0. The first kappa shape index (κ1) is 18.2. The van der Waals surface area contributed by atoms with E-state index in [0.717, 1.165) is 0 Å². The Bertz CT molecular complexity index is 1010. The molecule has 0 unspecified atom stereocenters. The van der Waals surface area contributed by atoms with Gasteiger partial charge in [0, 0.05) is 17.4 Å². The molecule has 0 bridgehead atoms. The van der Waals surface area contributed by atoms with Crippen molar-refractivity contribution in [3.8, 4) is 0 Å². The quantitative estimate of drug-likeness (QED) is 0.281. The molecule has 2 N–H and O–H groups in total. The number of nitrogens with one attached hydrogen (secondary N) is 2. The molecule has 0 saturated carbocycles. The van der Waals surface area contributed by atoms with Gasteiger partial charge in [-0.25, -0.2) is 15.0 Å². The maximum Gasteiger partial charge on any atom is 0.353 e. The zero-order chi connectivity index (χ0) is 19.4. The first-order valence-corrected chi connectivity index (χ1v) is 8.08. The average molecular weight is 385 g/mol. The van der Waals surface area contributed by atoms with Crippen molar-refractivity contribution in [3.05, 3.63) is 69.8 Å². The standard InChI is InChI=1S/C17H13ClN6O3/c1-10(25)11-4-6-12(7-5-11)22-16-14(24(26)27)17(21-9-20-16)23-13-3-2-8-19-15(13)18/h2-9H,1H3,(H2,20,21,22,23). The van der Waals surface area contributed by atoms with Crippen LogP contribution in [0, 0.1) is 10.1 Å². The lowest BCUT2D eigenvalue weighted by molar-refractivity contribution is -0.383. The highest BCUT2D eigenvalue weighted by molar-refractivity contribution is 6.32. The highest BCUT2D eigenvalue weighted by Gasteiger charge is 2.24. The van der Waals surface area contributed by atoms with E-state index in [1.807, 2.05) is 0 Å². The van der Waals surface area contributed by atoms with E-state index in [2.05, 4.69) is 25.6 Å². The Morgan fingerprint density at radius 3 is 2.33 bits per heavy atom. The number of ketones is 1. The monoisotopic (exact) mass is 384 g/mol. The summed E-state index contributed by atoms with van der Waals surface area (Å²) in [7, 11) is 0. The SMILES string of the molecule is CC(=O)c1ccc(Nc2ncnc(Nc3cccnc3Cl)c2[N+](=O)[O-])cc1. The molecule has 3 aromatic rings. The van der Waals surface area contributed by atoms with Gasteiger partial charge in [-0.15, -0.1) is 0 Å². The number of hydrogen-bond donors (Lipinski definition) is 2. The summed E-state index contributed by atoms with van der Waals surface area (Å²) in [5, 5.41) is 17.4. The first-order valence-electron chi connectivity index (χ1n) is 7.70. The molecule has 0 saturated heterocycles. The van der Waals surface area contributed by atoms with Gasteiger partial charge < -0.3 is 10.6 Å². The smallest absolute Gasteiger partial charge is 0.334 e. The zero-order valence-electron chi connectivity index (χ0n) is 14.0. The van der Waals surface area contributed by atoms with Crippen molar-refractivity contribution in [2.45, 2.75) is 6.92 Å². The number of nitrogens with zero attached hydrogens (tertiary/aromatic N) is 4. The van der Waals surface area contributed by atoms with Crippen molar-refractivity contribution < 1.29 is 9.72 Å². The van der Waals surface area contributed by atoms with Crippen molar-refractivity contribution in [3.63, 3.8) is 0 Å². The molecule has 27 heavy (non-hydrogen) atoms. The zero-order valence-corrected chi connectivity index (χ0v) is 14.8. The highest BCUT2D eigenvalue weighted by atomic mass is 35.5. The van der Waals surface area contributed by atoms with Crippen LogP contribution in [0.3, 0.4) is 0 Å². The van der Waals surface area contributed by atoms with Gasteiger partial charge in [0.1, 0.15) is 6.33 Å². The third-order valence-corrected chi connectivity index (χ3v) is 3.87. The van der Waals surface area contributed by atoms with Crippen LogP contribution in [0.15, 0.2) is 48.9 Å². The van der Waals surface area contributed by atoms with E-state index in [0.29, 0.717) is 16.9 Å². The van der Waals surface area contributed by atoms with Crippen LogP contribution in [-0.2, 0) is 0 Å². The molecule has 0 aliphatic rings. The van der Waals surface area contributed by atoms with Gasteiger partial charge >= 0.3 is 5.69 Å². The molecular formula is C17H13ClN6O3. The Morgan fingerprint density at radius 1 is 1.07 bits per heavy atom. The van der Waals surface area contributed by atoms with Crippen molar-refractivity contribution >= 4 is 46.1 Å². The van der Waals surface area contributed by atoms with Crippen molar-refractivity contribution in [1.29, 1.82) is 0 Å². The normalized spacial score (nSPS) is 10.3. The summed E-state index contributed by atoms with van der Waals surface area (Å²) in [4.78, 5) is 34.2. The first-order chi connectivity index (χ1) is 13.0. The second kappa shape index (κ2) is 7.75. The van der Waals surface area contributed by atoms with Gasteiger partial charge in [-0.1, -0.05) is 11.6 Å². The van der Waals surface area contributed by atoms with E-state index in [4.69, 9.17) is 11.6 Å². The minimum absolute atomic E-state index is 0.00640. The summed E-state index contributed by atoms with van der Waals surface area (Å²) in [6.07, 6.45) is 2.69. The van der Waals surface area contributed by atoms with E-state index in [1.54, 1.807) is 36.4 Å². The number of rotatable bonds is 6. The van der Waals surface area contributed by atoms with E-state index in [9.17, 15) is 14.9 Å². The van der Waals surface area contributed by atoms with Crippen molar-refractivity contribution in [2.24, 2.45) is 0 Å². The summed E-state index contributed by atoms with van der Waals surface area (Å²) in [6.45, 7) is 1.46. The van der Waals surface area contributed by atoms with Crippen LogP contribution in [0.1, 0.15) is 17.3 Å². The van der Waals surface area contributed by atoms with Gasteiger partial charge in [0.05, 0.1) is 10.6 Å². The number of benzene rings is 1. The number of anilines is 4. The van der Waals surface area contributed by atoms with Crippen LogP contribution in [0.5, 0.6) is 0 Å². The number of carbonyl (C=O) groups is 1. The number of nitro groups is 1. The third-order valence-electron chi connectivity index (χ3n) is 3.57. The predicted octanol–water partition coefficient (Wildman–Crippen LogP) is 4.12. The Balaban J connectivity index is 1.95. The maximum atomic E-state index is 11.6. The Morgan fingerprint density at radius 2 is 1.74 bits per heavy atom. The van der Waals surface area contributed by atoms with E-state index in [1.165, 1.54) is 19.4 Å². The summed E-state index contributed by atoms with van der Waals surface area (Å²) in [5.74, 6) is -0.116. The predicted molar refractivity (Wildman–Crippen MR) is 101 cm³/mol. The second-order valence-corrected chi connectivity index (χ2v) is 5.76. The number of carbonyl (C=O) groups excluding carboxylic acids is 1. The number of hydrogen-bond acceptors (Lipinski definition) is 8. The van der Waals surface area contributed by atoms with Gasteiger partial charge in [0.25, 0.3) is 0 Å². The fraction of sp³-hybridized carbons (Fsp3) is 0.0588. The van der Waals surface area contributed by atoms with E-state index in [-0.39, 0.29) is 28.3 Å². The van der Waals surface area contributed by atoms with Crippen molar-refractivity contribution in [2.75, 3.05) is 10.6 Å². The lowest BCUT2D eigenvalue weighted by Gasteiger charge is -2.10. The minimum Gasteiger partial charge on any atom is -0.334 e. The highest BCUT2D eigenvalue weighted by Crippen LogP contribution is 2.34. The number of halogens is 1. The largest absolute Gasteiger partial charge is 0.353 e. The van der Waals surface area contributed by atoms with Gasteiger partial charge in [0.2, 0.25) is 11.6 Å². The van der Waals surface area contributed by atoms with Crippen LogP contribution in [-0.4, -0.2) is 25.7 Å². The molecule has 0 radical (unpaired) electrons. The fourth-order valence-electron chi connectivity index (χ4n) is 2.27. The Hall–Kier alpha value is -3.59. The molecule has 0 amide bonds. The Labute approximate surface area is 158 Å². The number of aromatic nitrogens is 3. The lowest BCUT2D eigenvalue weighted by Crippen LogP contribution is -2.06. The summed E-state index contributed by atoms with van der Waals surface area (Å²) in [5.41, 5.74) is 1.09. The number of pyridine rings is 1. The minimum atomic E-state index is -0.598. The molecule has 0 atom stereocenters. The molecule has 1 aromatic carbocycles. The van der Waals surface area contributed by atoms with Crippen LogP contribution >= 0.6 is 11.6 Å². The van der Waals surface area contributed by atoms with Gasteiger partial charge in [-0.2, -0.15) is 0 Å². The van der Waals surface area contributed by atoms with Crippen LogP contribution in [0.4, 0.5) is 28.7 Å². The summed E-state index contributed by atoms with van der Waals surface area (Å²) in [6, 6.07) is 9.76. The van der Waals surface area contributed by atoms with E-state index >= 15 is 0 Å². The average Bonchev–Trinajstić information content (AvgIpc) is 2.64. The molecule has 10 heteroatoms. The van der Waals surface area contributed by atoms with Gasteiger partial charge in [-0.3, -0.25) is 14.9 Å². The van der Waals surface area contributed by atoms with Crippen LogP contribution in [0.25, 0.3) is 0 Å². The van der Waals surface area contributed by atoms with E-state index < -0.39 is 4.92 Å². The molecule has 2 heterocycles. The summed E-state index contributed by atoms with van der Waals surface area (Å²) >= 11 is 5.99. The molecule has 9 nitrogen and oxygen atoms in total. The van der Waals surface area contributed by atoms with Gasteiger partial charge in [-0.05, 0) is 43.3 Å². The lowest BCUT2D eigenvalue weighted by atomic mass is 10.1. The maximum absolute atomic E-state index is 11.6. The molecular weight excluding hydrogens is 372 g/mol. The fourth-order valence-corrected chi connectivity index (χ4v) is 2.43.